The molecule has 7 nitrogen and oxygen atoms in total. The number of aliphatic hydroxyl groups is 1. The third-order valence-corrected chi connectivity index (χ3v) is 5.42. The Morgan fingerprint density at radius 2 is 1.71 bits per heavy atom. The molecule has 0 saturated heterocycles. The number of aromatic amines is 1. The summed E-state index contributed by atoms with van der Waals surface area (Å²) in [5.41, 5.74) is 1.02. The lowest BCUT2D eigenvalue weighted by Gasteiger charge is -2.28. The smallest absolute Gasteiger partial charge is 0.356 e. The fourth-order valence-corrected chi connectivity index (χ4v) is 3.84. The Morgan fingerprint density at radius 1 is 1.00 bits per heavy atom. The van der Waals surface area contributed by atoms with Crippen LogP contribution in [0.1, 0.15) is 64.7 Å². The average molecular weight is 422 g/mol. The molecule has 0 aliphatic carbocycles. The Labute approximate surface area is 180 Å². The Morgan fingerprint density at radius 3 is 2.35 bits per heavy atom. The van der Waals surface area contributed by atoms with E-state index in [4.69, 9.17) is 0 Å². The van der Waals surface area contributed by atoms with Gasteiger partial charge in [0.05, 0.1) is 17.6 Å². The minimum absolute atomic E-state index is 0.175. The van der Waals surface area contributed by atoms with Gasteiger partial charge in [-0.1, -0.05) is 68.7 Å². The number of carbonyl (C=O) groups is 2. The van der Waals surface area contributed by atoms with E-state index >= 15 is 0 Å². The molecule has 0 saturated carbocycles. The number of carboxylic acid groups (broad SMARTS) is 2. The first-order chi connectivity index (χ1) is 14.9. The standard InChI is InChI=1S/C24H26N2O5/c1-2-3-6-13-24(31,21-20(23(29)30)25-15-26-21)14-16-9-11-17(12-10-16)18-7-4-5-8-19(18)22(27)28/h4-5,7-12,15,31H,2-3,6,13-14H2,1H3,(H,25,26)(H,27,28)(H,29,30). The number of carboxylic acids is 2. The van der Waals surface area contributed by atoms with Crippen molar-refractivity contribution >= 4 is 11.9 Å². The topological polar surface area (TPSA) is 124 Å². The van der Waals surface area contributed by atoms with Crippen LogP contribution >= 0.6 is 0 Å². The van der Waals surface area contributed by atoms with Gasteiger partial charge >= 0.3 is 11.9 Å². The maximum absolute atomic E-state index is 11.6. The fraction of sp³-hybridized carbons (Fsp3) is 0.292. The zero-order valence-electron chi connectivity index (χ0n) is 17.3. The maximum atomic E-state index is 11.6. The fourth-order valence-electron chi connectivity index (χ4n) is 3.84. The van der Waals surface area contributed by atoms with Gasteiger partial charge < -0.3 is 20.3 Å². The molecule has 1 heterocycles. The predicted molar refractivity (Wildman–Crippen MR) is 116 cm³/mol. The molecule has 0 radical (unpaired) electrons. The van der Waals surface area contributed by atoms with Crippen molar-refractivity contribution in [2.75, 3.05) is 0 Å². The van der Waals surface area contributed by atoms with E-state index in [0.717, 1.165) is 30.4 Å². The molecule has 3 rings (SSSR count). The number of aromatic nitrogens is 2. The highest BCUT2D eigenvalue weighted by Gasteiger charge is 2.35. The highest BCUT2D eigenvalue weighted by atomic mass is 16.4. The summed E-state index contributed by atoms with van der Waals surface area (Å²) < 4.78 is 0. The SMILES string of the molecule is CCCCCC(O)(Cc1ccc(-c2ccccc2C(=O)O)cc1)c1[nH]cnc1C(=O)O. The number of imidazole rings is 1. The van der Waals surface area contributed by atoms with Crippen LogP contribution in [0.4, 0.5) is 0 Å². The van der Waals surface area contributed by atoms with Crippen molar-refractivity contribution in [3.63, 3.8) is 0 Å². The predicted octanol–water partition coefficient (Wildman–Crippen LogP) is 4.48. The minimum Gasteiger partial charge on any atom is -0.478 e. The third-order valence-electron chi connectivity index (χ3n) is 5.42. The van der Waals surface area contributed by atoms with E-state index < -0.39 is 17.5 Å². The molecule has 0 fully saturated rings. The second-order valence-electron chi connectivity index (χ2n) is 7.64. The zero-order valence-corrected chi connectivity index (χ0v) is 17.3. The lowest BCUT2D eigenvalue weighted by molar-refractivity contribution is 0.0190. The lowest BCUT2D eigenvalue weighted by atomic mass is 9.84. The van der Waals surface area contributed by atoms with Gasteiger partial charge in [0.1, 0.15) is 5.60 Å². The van der Waals surface area contributed by atoms with Gasteiger partial charge in [0.2, 0.25) is 0 Å². The Hall–Kier alpha value is -3.45. The van der Waals surface area contributed by atoms with Crippen LogP contribution in [0.5, 0.6) is 0 Å². The summed E-state index contributed by atoms with van der Waals surface area (Å²) in [5, 5.41) is 30.3. The number of nitrogens with zero attached hydrogens (tertiary/aromatic N) is 1. The minimum atomic E-state index is -1.40. The van der Waals surface area contributed by atoms with E-state index in [9.17, 15) is 24.9 Å². The zero-order chi connectivity index (χ0) is 22.4. The first kappa shape index (κ1) is 22.2. The van der Waals surface area contributed by atoms with Gasteiger partial charge in [-0.3, -0.25) is 0 Å². The molecular formula is C24H26N2O5. The summed E-state index contributed by atoms with van der Waals surface area (Å²) in [6, 6.07) is 14.1. The van der Waals surface area contributed by atoms with Crippen LogP contribution in [-0.2, 0) is 12.0 Å². The molecule has 1 atom stereocenters. The number of H-pyrrole nitrogens is 1. The normalized spacial score (nSPS) is 13.0. The van der Waals surface area contributed by atoms with Crippen LogP contribution in [0, 0.1) is 0 Å². The molecule has 4 N–H and O–H groups in total. The van der Waals surface area contributed by atoms with Gasteiger partial charge in [-0.2, -0.15) is 0 Å². The number of rotatable bonds is 10. The summed E-state index contributed by atoms with van der Waals surface area (Å²) in [7, 11) is 0. The second kappa shape index (κ2) is 9.57. The van der Waals surface area contributed by atoms with E-state index in [0.29, 0.717) is 12.0 Å². The maximum Gasteiger partial charge on any atom is 0.356 e. The molecule has 2 aromatic carbocycles. The van der Waals surface area contributed by atoms with Crippen LogP contribution in [0.15, 0.2) is 54.9 Å². The Balaban J connectivity index is 1.91. The molecule has 31 heavy (non-hydrogen) atoms. The van der Waals surface area contributed by atoms with E-state index in [1.807, 2.05) is 24.3 Å². The van der Waals surface area contributed by atoms with Gasteiger partial charge in [0.15, 0.2) is 5.69 Å². The van der Waals surface area contributed by atoms with Gasteiger partial charge in [0, 0.05) is 6.42 Å². The summed E-state index contributed by atoms with van der Waals surface area (Å²) in [4.78, 5) is 29.7. The molecule has 0 bridgehead atoms. The Kier molecular flexibility index (Phi) is 6.87. The highest BCUT2D eigenvalue weighted by Crippen LogP contribution is 2.33. The summed E-state index contributed by atoms with van der Waals surface area (Å²) >= 11 is 0. The molecule has 0 aliphatic rings. The number of hydrogen-bond acceptors (Lipinski definition) is 4. The third kappa shape index (κ3) is 5.00. The first-order valence-corrected chi connectivity index (χ1v) is 10.3. The van der Waals surface area contributed by atoms with Crippen molar-refractivity contribution in [2.24, 2.45) is 0 Å². The van der Waals surface area contributed by atoms with E-state index in [1.165, 1.54) is 6.33 Å². The lowest BCUT2D eigenvalue weighted by Crippen LogP contribution is -2.31. The monoisotopic (exact) mass is 422 g/mol. The summed E-state index contributed by atoms with van der Waals surface area (Å²) in [6.45, 7) is 2.06. The number of unbranched alkanes of at least 4 members (excludes halogenated alkanes) is 2. The summed E-state index contributed by atoms with van der Waals surface area (Å²) in [5.74, 6) is -2.18. The molecular weight excluding hydrogens is 396 g/mol. The van der Waals surface area contributed by atoms with Gasteiger partial charge in [0.25, 0.3) is 0 Å². The van der Waals surface area contributed by atoms with Crippen molar-refractivity contribution in [1.82, 2.24) is 9.97 Å². The van der Waals surface area contributed by atoms with Crippen LogP contribution in [0.2, 0.25) is 0 Å². The number of benzene rings is 2. The quantitative estimate of drug-likeness (QED) is 0.357. The van der Waals surface area contributed by atoms with E-state index in [2.05, 4.69) is 16.9 Å². The first-order valence-electron chi connectivity index (χ1n) is 10.3. The highest BCUT2D eigenvalue weighted by molar-refractivity contribution is 5.96. The van der Waals surface area contributed by atoms with Gasteiger partial charge in [-0.15, -0.1) is 0 Å². The number of hydrogen-bond donors (Lipinski definition) is 4. The van der Waals surface area contributed by atoms with Crippen molar-refractivity contribution in [3.8, 4) is 11.1 Å². The summed E-state index contributed by atoms with van der Waals surface area (Å²) in [6.07, 6.45) is 4.53. The van der Waals surface area contributed by atoms with E-state index in [1.54, 1.807) is 24.3 Å². The van der Waals surface area contributed by atoms with Gasteiger partial charge in [-0.05, 0) is 29.2 Å². The van der Waals surface area contributed by atoms with Crippen LogP contribution < -0.4 is 0 Å². The van der Waals surface area contributed by atoms with Crippen molar-refractivity contribution in [3.05, 3.63) is 77.4 Å². The van der Waals surface area contributed by atoms with Crippen LogP contribution in [-0.4, -0.2) is 37.2 Å². The van der Waals surface area contributed by atoms with Crippen molar-refractivity contribution < 1.29 is 24.9 Å². The molecule has 0 aliphatic heterocycles. The second-order valence-corrected chi connectivity index (χ2v) is 7.64. The molecule has 3 aromatic rings. The van der Waals surface area contributed by atoms with E-state index in [-0.39, 0.29) is 23.4 Å². The molecule has 0 spiro atoms. The van der Waals surface area contributed by atoms with Crippen molar-refractivity contribution in [2.45, 2.75) is 44.6 Å². The molecule has 7 heteroatoms. The average Bonchev–Trinajstić information content (AvgIpc) is 3.26. The number of nitrogens with one attached hydrogen (secondary N) is 1. The largest absolute Gasteiger partial charge is 0.478 e. The Bertz CT molecular complexity index is 1060. The molecule has 0 amide bonds. The van der Waals surface area contributed by atoms with Crippen LogP contribution in [0.25, 0.3) is 11.1 Å². The van der Waals surface area contributed by atoms with Crippen molar-refractivity contribution in [1.29, 1.82) is 0 Å². The molecule has 162 valence electrons. The number of aromatic carboxylic acids is 2. The molecule has 1 aromatic heterocycles. The molecule has 1 unspecified atom stereocenters. The van der Waals surface area contributed by atoms with Crippen LogP contribution in [0.3, 0.4) is 0 Å². The van der Waals surface area contributed by atoms with Gasteiger partial charge in [-0.25, -0.2) is 14.6 Å².